The fourth-order valence-electron chi connectivity index (χ4n) is 2.50. The van der Waals surface area contributed by atoms with Gasteiger partial charge in [0.2, 0.25) is 0 Å². The molecule has 0 aromatic heterocycles. The Labute approximate surface area is 122 Å². The van der Waals surface area contributed by atoms with Gasteiger partial charge in [0.15, 0.2) is 0 Å². The number of carbonyl (C=O) groups excluding carboxylic acids is 1. The largest absolute Gasteiger partial charge is 0.288 e. The van der Waals surface area contributed by atoms with Crippen LogP contribution in [0.15, 0.2) is 47.5 Å². The van der Waals surface area contributed by atoms with Gasteiger partial charge in [-0.05, 0) is 37.1 Å². The summed E-state index contributed by atoms with van der Waals surface area (Å²) in [5, 5.41) is 12.7. The third-order valence-electron chi connectivity index (χ3n) is 3.70. The highest BCUT2D eigenvalue weighted by molar-refractivity contribution is 5.82. The first-order chi connectivity index (χ1) is 10.1. The Morgan fingerprint density at radius 1 is 1.10 bits per heavy atom. The molecule has 0 fully saturated rings. The minimum Gasteiger partial charge on any atom is -0.288 e. The van der Waals surface area contributed by atoms with E-state index in [1.165, 1.54) is 0 Å². The van der Waals surface area contributed by atoms with Crippen molar-refractivity contribution in [2.45, 2.75) is 13.8 Å². The maximum Gasteiger partial charge on any atom is 0.268 e. The van der Waals surface area contributed by atoms with Crippen molar-refractivity contribution in [1.29, 1.82) is 0 Å². The molecule has 4 nitrogen and oxygen atoms in total. The van der Waals surface area contributed by atoms with Gasteiger partial charge in [-0.3, -0.25) is 10.0 Å². The van der Waals surface area contributed by atoms with E-state index in [0.29, 0.717) is 11.1 Å². The second kappa shape index (κ2) is 5.14. The van der Waals surface area contributed by atoms with E-state index in [-0.39, 0.29) is 12.5 Å². The van der Waals surface area contributed by atoms with E-state index in [1.807, 2.05) is 56.3 Å². The third-order valence-corrected chi connectivity index (χ3v) is 3.70. The molecule has 0 radical (unpaired) electrons. The molecule has 0 unspecified atom stereocenters. The van der Waals surface area contributed by atoms with Gasteiger partial charge in [-0.15, -0.1) is 0 Å². The zero-order valence-electron chi connectivity index (χ0n) is 12.0. The molecule has 1 aliphatic heterocycles. The number of amides is 1. The van der Waals surface area contributed by atoms with Crippen LogP contribution in [0.2, 0.25) is 0 Å². The number of hydroxylamine groups is 2. The highest BCUT2D eigenvalue weighted by Crippen LogP contribution is 2.15. The molecule has 0 bridgehead atoms. The fraction of sp³-hybridized carbons (Fsp3) is 0.176. The molecule has 1 heterocycles. The molecule has 106 valence electrons. The third kappa shape index (κ3) is 2.45. The number of hydrogen-bond donors (Lipinski definition) is 1. The topological polar surface area (TPSA) is 52.9 Å². The Morgan fingerprint density at radius 2 is 1.76 bits per heavy atom. The molecule has 0 aliphatic carbocycles. The van der Waals surface area contributed by atoms with Gasteiger partial charge in [0.05, 0.1) is 11.1 Å². The molecule has 2 aromatic carbocycles. The Bertz CT molecular complexity index is 826. The fourth-order valence-corrected chi connectivity index (χ4v) is 2.50. The first-order valence-electron chi connectivity index (χ1n) is 6.81. The van der Waals surface area contributed by atoms with Crippen molar-refractivity contribution in [1.82, 2.24) is 5.06 Å². The van der Waals surface area contributed by atoms with Crippen molar-refractivity contribution in [3.63, 3.8) is 0 Å². The number of hydrogen-bond acceptors (Lipinski definition) is 3. The van der Waals surface area contributed by atoms with Crippen LogP contribution in [0.5, 0.6) is 0 Å². The van der Waals surface area contributed by atoms with Gasteiger partial charge >= 0.3 is 0 Å². The summed E-state index contributed by atoms with van der Waals surface area (Å²) in [7, 11) is 0. The molecule has 4 heteroatoms. The summed E-state index contributed by atoms with van der Waals surface area (Å²) in [4.78, 5) is 16.0. The van der Waals surface area contributed by atoms with Crippen molar-refractivity contribution in [3.05, 3.63) is 69.7 Å². The van der Waals surface area contributed by atoms with Crippen LogP contribution >= 0.6 is 0 Å². The highest BCUT2D eigenvalue weighted by Gasteiger charge is 2.18. The van der Waals surface area contributed by atoms with Gasteiger partial charge in [0.1, 0.15) is 6.54 Å². The number of benzene rings is 2. The van der Waals surface area contributed by atoms with Crippen molar-refractivity contribution in [2.75, 3.05) is 6.54 Å². The van der Waals surface area contributed by atoms with E-state index < -0.39 is 0 Å². The highest BCUT2D eigenvalue weighted by atomic mass is 16.5. The van der Waals surface area contributed by atoms with Gasteiger partial charge in [-0.25, -0.2) is 10.1 Å². The molecule has 1 aliphatic rings. The summed E-state index contributed by atoms with van der Waals surface area (Å²) >= 11 is 0. The Balaban J connectivity index is 2.46. The van der Waals surface area contributed by atoms with Gasteiger partial charge in [0, 0.05) is 10.8 Å². The average molecular weight is 280 g/mol. The number of carbonyl (C=O) groups is 1. The summed E-state index contributed by atoms with van der Waals surface area (Å²) in [5.41, 5.74) is 3.64. The van der Waals surface area contributed by atoms with Crippen molar-refractivity contribution in [2.24, 2.45) is 4.99 Å². The van der Waals surface area contributed by atoms with Gasteiger partial charge in [0.25, 0.3) is 5.91 Å². The van der Waals surface area contributed by atoms with Crippen LogP contribution in [-0.4, -0.2) is 22.7 Å². The Hall–Kier alpha value is -2.46. The van der Waals surface area contributed by atoms with Crippen LogP contribution < -0.4 is 10.6 Å². The number of nitrogens with zero attached hydrogens (tertiary/aromatic N) is 2. The standard InChI is InChI=1S/C17H16N2O2/c1-11-8-14-15(9-12(11)2)18-16(20)10-19(21)17(14)13-6-4-3-5-7-13/h3-9,21H,10H2,1-2H3. The molecular weight excluding hydrogens is 264 g/mol. The van der Waals surface area contributed by atoms with Crippen molar-refractivity contribution >= 4 is 11.6 Å². The van der Waals surface area contributed by atoms with Crippen LogP contribution in [0.1, 0.15) is 16.7 Å². The SMILES string of the molecule is Cc1cc2c(cc1C)=C(c1ccccc1)N(O)CC(=O)N=2. The van der Waals surface area contributed by atoms with Crippen molar-refractivity contribution in [3.8, 4) is 0 Å². The predicted molar refractivity (Wildman–Crippen MR) is 79.1 cm³/mol. The number of fused-ring (bicyclic) bond motifs is 1. The molecule has 3 rings (SSSR count). The van der Waals surface area contributed by atoms with Crippen LogP contribution in [0.3, 0.4) is 0 Å². The Kier molecular flexibility index (Phi) is 3.31. The summed E-state index contributed by atoms with van der Waals surface area (Å²) < 4.78 is 0. The van der Waals surface area contributed by atoms with E-state index in [9.17, 15) is 10.0 Å². The molecule has 1 amide bonds. The van der Waals surface area contributed by atoms with E-state index in [1.54, 1.807) is 0 Å². The first-order valence-corrected chi connectivity index (χ1v) is 6.81. The normalized spacial score (nSPS) is 14.5. The summed E-state index contributed by atoms with van der Waals surface area (Å²) in [6.45, 7) is 3.85. The molecule has 1 N–H and O–H groups in total. The van der Waals surface area contributed by atoms with E-state index in [4.69, 9.17) is 0 Å². The quantitative estimate of drug-likeness (QED) is 0.857. The molecule has 21 heavy (non-hydrogen) atoms. The van der Waals surface area contributed by atoms with Crippen LogP contribution in [0.25, 0.3) is 5.70 Å². The molecule has 2 aromatic rings. The van der Waals surface area contributed by atoms with Crippen LogP contribution in [0.4, 0.5) is 0 Å². The summed E-state index contributed by atoms with van der Waals surface area (Å²) in [5.74, 6) is -0.354. The zero-order valence-corrected chi connectivity index (χ0v) is 12.0. The van der Waals surface area contributed by atoms with Crippen LogP contribution in [-0.2, 0) is 4.79 Å². The van der Waals surface area contributed by atoms with Gasteiger partial charge in [-0.1, -0.05) is 30.3 Å². The second-order valence-electron chi connectivity index (χ2n) is 5.23. The van der Waals surface area contributed by atoms with E-state index in [2.05, 4.69) is 4.99 Å². The number of aryl methyl sites for hydroxylation is 2. The second-order valence-corrected chi connectivity index (χ2v) is 5.23. The molecule has 0 saturated heterocycles. The monoisotopic (exact) mass is 280 g/mol. The average Bonchev–Trinajstić information content (AvgIpc) is 2.56. The van der Waals surface area contributed by atoms with Gasteiger partial charge in [-0.2, -0.15) is 0 Å². The minimum absolute atomic E-state index is 0.142. The van der Waals surface area contributed by atoms with Crippen molar-refractivity contribution < 1.29 is 10.0 Å². The lowest BCUT2D eigenvalue weighted by Crippen LogP contribution is -2.32. The molecule has 0 spiro atoms. The van der Waals surface area contributed by atoms with Crippen LogP contribution in [0, 0.1) is 13.8 Å². The summed E-state index contributed by atoms with van der Waals surface area (Å²) in [6.07, 6.45) is 0. The molecule has 0 atom stereocenters. The lowest BCUT2D eigenvalue weighted by molar-refractivity contribution is -0.125. The maximum atomic E-state index is 11.8. The van der Waals surface area contributed by atoms with E-state index in [0.717, 1.165) is 27.0 Å². The van der Waals surface area contributed by atoms with Gasteiger partial charge < -0.3 is 0 Å². The molecular formula is C17H16N2O2. The number of rotatable bonds is 1. The molecule has 0 saturated carbocycles. The maximum absolute atomic E-state index is 11.8. The lowest BCUT2D eigenvalue weighted by Gasteiger charge is -2.18. The lowest BCUT2D eigenvalue weighted by atomic mass is 10.0. The minimum atomic E-state index is -0.354. The first kappa shape index (κ1) is 13.5. The zero-order chi connectivity index (χ0) is 15.0. The summed E-state index contributed by atoms with van der Waals surface area (Å²) in [6, 6.07) is 13.4. The predicted octanol–water partition coefficient (Wildman–Crippen LogP) is 1.31. The smallest absolute Gasteiger partial charge is 0.268 e. The van der Waals surface area contributed by atoms with E-state index >= 15 is 0 Å². The Morgan fingerprint density at radius 3 is 2.48 bits per heavy atom.